The summed E-state index contributed by atoms with van der Waals surface area (Å²) in [4.78, 5) is 60.8. The number of hydrogen-bond donors (Lipinski definition) is 4. The van der Waals surface area contributed by atoms with Crippen LogP contribution >= 0.6 is 0 Å². The molecule has 0 radical (unpaired) electrons. The Bertz CT molecular complexity index is 779. The number of ether oxygens (including phenoxy) is 3. The summed E-state index contributed by atoms with van der Waals surface area (Å²) >= 11 is 0. The molecule has 0 atom stereocenters. The van der Waals surface area contributed by atoms with Gasteiger partial charge in [-0.25, -0.2) is 0 Å². The van der Waals surface area contributed by atoms with E-state index in [0.717, 1.165) is 44.9 Å². The minimum absolute atomic E-state index is 0.00135. The van der Waals surface area contributed by atoms with Gasteiger partial charge in [0.1, 0.15) is 11.3 Å². The lowest BCUT2D eigenvalue weighted by atomic mass is 10.0. The molecule has 0 heterocycles. The molecule has 0 rings (SSSR count). The highest BCUT2D eigenvalue weighted by molar-refractivity contribution is 5.79. The van der Waals surface area contributed by atoms with E-state index in [-0.39, 0.29) is 101 Å². The van der Waals surface area contributed by atoms with Gasteiger partial charge in [0, 0.05) is 51.7 Å². The van der Waals surface area contributed by atoms with Crippen LogP contribution in [0.1, 0.15) is 111 Å². The van der Waals surface area contributed by atoms with Gasteiger partial charge in [-0.1, -0.05) is 46.5 Å². The summed E-state index contributed by atoms with van der Waals surface area (Å²) in [5.41, 5.74) is -1.14. The summed E-state index contributed by atoms with van der Waals surface area (Å²) < 4.78 is 17.6. The molecule has 0 bridgehead atoms. The molecule has 0 saturated carbocycles. The second kappa shape index (κ2) is 27.9. The lowest BCUT2D eigenvalue weighted by Gasteiger charge is -2.34. The topological polar surface area (TPSA) is 161 Å². The van der Waals surface area contributed by atoms with Gasteiger partial charge in [-0.05, 0) is 32.6 Å². The van der Waals surface area contributed by atoms with Crippen molar-refractivity contribution >= 4 is 29.4 Å². The average Bonchev–Trinajstić information content (AvgIpc) is 2.98. The molecule has 0 aliphatic carbocycles. The first-order valence-corrected chi connectivity index (χ1v) is 16.5. The number of nitrogens with one attached hydrogen (secondary N) is 4. The second-order valence-electron chi connectivity index (χ2n) is 11.3. The molecule has 0 saturated heterocycles. The van der Waals surface area contributed by atoms with E-state index in [1.54, 1.807) is 0 Å². The van der Waals surface area contributed by atoms with Gasteiger partial charge in [0.05, 0.1) is 39.6 Å². The largest absolute Gasteiger partial charge is 0.378 e. The normalized spacial score (nSPS) is 11.2. The number of rotatable bonds is 30. The Morgan fingerprint density at radius 1 is 0.500 bits per heavy atom. The van der Waals surface area contributed by atoms with Crippen molar-refractivity contribution in [3.05, 3.63) is 0 Å². The summed E-state index contributed by atoms with van der Waals surface area (Å²) in [6.07, 6.45) is 8.07. The van der Waals surface area contributed by atoms with Crippen molar-refractivity contribution in [2.24, 2.45) is 0 Å². The first kappa shape index (κ1) is 41.4. The fourth-order valence-electron chi connectivity index (χ4n) is 4.06. The zero-order valence-corrected chi connectivity index (χ0v) is 27.8. The molecule has 0 spiro atoms. The van der Waals surface area contributed by atoms with Gasteiger partial charge < -0.3 is 40.3 Å². The van der Waals surface area contributed by atoms with Gasteiger partial charge in [0.25, 0.3) is 0 Å². The Hall–Kier alpha value is -2.57. The van der Waals surface area contributed by atoms with E-state index in [4.69, 9.17) is 14.2 Å². The average molecular weight is 629 g/mol. The van der Waals surface area contributed by atoms with Crippen molar-refractivity contribution in [1.82, 2.24) is 21.3 Å². The number of unbranched alkanes of at least 4 members (excludes halogenated alkanes) is 4. The summed E-state index contributed by atoms with van der Waals surface area (Å²) in [6, 6.07) is 0. The predicted octanol–water partition coefficient (Wildman–Crippen LogP) is 2.96. The van der Waals surface area contributed by atoms with Crippen LogP contribution < -0.4 is 21.3 Å². The van der Waals surface area contributed by atoms with Crippen LogP contribution in [0.25, 0.3) is 0 Å². The first-order chi connectivity index (χ1) is 21.2. The van der Waals surface area contributed by atoms with E-state index >= 15 is 0 Å². The zero-order valence-electron chi connectivity index (χ0n) is 27.8. The number of hydrogen-bond acceptors (Lipinski definition) is 8. The molecule has 0 aromatic carbocycles. The van der Waals surface area contributed by atoms with Gasteiger partial charge in [-0.2, -0.15) is 0 Å². The standard InChI is InChI=1S/C32H60N4O8/c1-5-8-11-20-35-30(40)17-23-44-26-32(36-31(41)14-12-13-27(4)37,24-42-21-15-28(38)33-18-9-6-2)25-43-22-16-29(39)34-19-10-7-3/h5-26H2,1-4H3,(H,33,38)(H,34,39)(H,35,40)(H,36,41). The van der Waals surface area contributed by atoms with Crippen LogP contribution in [0.15, 0.2) is 0 Å². The number of ketones is 1. The SMILES string of the molecule is CCCCCNC(=O)CCOCC(COCCC(=O)NCCCC)(COCCC(=O)NCCCC)NC(=O)CCCC(C)=O. The van der Waals surface area contributed by atoms with Crippen LogP contribution in [0, 0.1) is 0 Å². The Morgan fingerprint density at radius 3 is 1.30 bits per heavy atom. The molecule has 256 valence electrons. The number of carbonyl (C=O) groups excluding carboxylic acids is 5. The molecule has 12 heteroatoms. The monoisotopic (exact) mass is 628 g/mol. The third-order valence-corrected chi connectivity index (χ3v) is 6.70. The molecular formula is C32H60N4O8. The summed E-state index contributed by atoms with van der Waals surface area (Å²) in [5, 5.41) is 11.6. The molecule has 0 aromatic heterocycles. The Kier molecular flexibility index (Phi) is 26.3. The lowest BCUT2D eigenvalue weighted by molar-refractivity contribution is -0.131. The number of Topliss-reactive ketones (excluding diaryl/α,β-unsaturated/α-hetero) is 1. The van der Waals surface area contributed by atoms with Crippen LogP contribution in [0.2, 0.25) is 0 Å². The molecule has 44 heavy (non-hydrogen) atoms. The van der Waals surface area contributed by atoms with Crippen molar-refractivity contribution in [2.75, 3.05) is 59.3 Å². The van der Waals surface area contributed by atoms with Crippen LogP contribution in [-0.2, 0) is 38.2 Å². The maximum Gasteiger partial charge on any atom is 0.222 e. The Morgan fingerprint density at radius 2 is 0.909 bits per heavy atom. The summed E-state index contributed by atoms with van der Waals surface area (Å²) in [5.74, 6) is -0.657. The minimum Gasteiger partial charge on any atom is -0.378 e. The number of amides is 4. The third kappa shape index (κ3) is 24.8. The van der Waals surface area contributed by atoms with Gasteiger partial charge in [-0.15, -0.1) is 0 Å². The number of carbonyl (C=O) groups is 5. The first-order valence-electron chi connectivity index (χ1n) is 16.5. The predicted molar refractivity (Wildman–Crippen MR) is 170 cm³/mol. The van der Waals surface area contributed by atoms with Crippen molar-refractivity contribution in [3.8, 4) is 0 Å². The van der Waals surface area contributed by atoms with E-state index in [1.165, 1.54) is 6.92 Å². The molecular weight excluding hydrogens is 568 g/mol. The minimum atomic E-state index is -1.14. The van der Waals surface area contributed by atoms with Crippen molar-refractivity contribution < 1.29 is 38.2 Å². The van der Waals surface area contributed by atoms with E-state index in [1.807, 2.05) is 13.8 Å². The molecule has 0 unspecified atom stereocenters. The lowest BCUT2D eigenvalue weighted by Crippen LogP contribution is -2.58. The maximum atomic E-state index is 12.9. The molecule has 0 fully saturated rings. The summed E-state index contributed by atoms with van der Waals surface area (Å²) in [7, 11) is 0. The van der Waals surface area contributed by atoms with E-state index in [9.17, 15) is 24.0 Å². The van der Waals surface area contributed by atoms with Crippen LogP contribution in [-0.4, -0.2) is 94.2 Å². The molecule has 4 N–H and O–H groups in total. The Balaban J connectivity index is 5.35. The van der Waals surface area contributed by atoms with E-state index in [2.05, 4.69) is 28.2 Å². The van der Waals surface area contributed by atoms with Gasteiger partial charge in [-0.3, -0.25) is 19.2 Å². The fraction of sp³-hybridized carbons (Fsp3) is 0.844. The second-order valence-corrected chi connectivity index (χ2v) is 11.3. The molecule has 4 amide bonds. The highest BCUT2D eigenvalue weighted by Gasteiger charge is 2.34. The summed E-state index contributed by atoms with van der Waals surface area (Å²) in [6.45, 7) is 9.84. The van der Waals surface area contributed by atoms with Gasteiger partial charge >= 0.3 is 0 Å². The van der Waals surface area contributed by atoms with Crippen LogP contribution in [0.3, 0.4) is 0 Å². The molecule has 12 nitrogen and oxygen atoms in total. The molecule has 0 aromatic rings. The zero-order chi connectivity index (χ0) is 32.9. The fourth-order valence-corrected chi connectivity index (χ4v) is 4.06. The van der Waals surface area contributed by atoms with Gasteiger partial charge in [0.15, 0.2) is 0 Å². The van der Waals surface area contributed by atoms with Crippen molar-refractivity contribution in [1.29, 1.82) is 0 Å². The van der Waals surface area contributed by atoms with E-state index in [0.29, 0.717) is 26.1 Å². The third-order valence-electron chi connectivity index (χ3n) is 6.70. The Labute approximate surface area is 264 Å². The van der Waals surface area contributed by atoms with Crippen molar-refractivity contribution in [3.63, 3.8) is 0 Å². The van der Waals surface area contributed by atoms with Crippen LogP contribution in [0.4, 0.5) is 0 Å². The van der Waals surface area contributed by atoms with Crippen molar-refractivity contribution in [2.45, 2.75) is 117 Å². The highest BCUT2D eigenvalue weighted by atomic mass is 16.5. The quantitative estimate of drug-likeness (QED) is 0.0883. The smallest absolute Gasteiger partial charge is 0.222 e. The van der Waals surface area contributed by atoms with Crippen LogP contribution in [0.5, 0.6) is 0 Å². The van der Waals surface area contributed by atoms with E-state index < -0.39 is 5.54 Å². The highest BCUT2D eigenvalue weighted by Crippen LogP contribution is 2.12. The molecule has 0 aliphatic heterocycles. The van der Waals surface area contributed by atoms with Gasteiger partial charge in [0.2, 0.25) is 23.6 Å². The maximum absolute atomic E-state index is 12.9. The molecule has 0 aliphatic rings.